The number of nitrogens with zero attached hydrogens (tertiary/aromatic N) is 1. The van der Waals surface area contributed by atoms with Gasteiger partial charge in [0.25, 0.3) is 0 Å². The van der Waals surface area contributed by atoms with E-state index in [1.807, 2.05) is 0 Å². The molecule has 0 saturated carbocycles. The predicted molar refractivity (Wildman–Crippen MR) is 111 cm³/mol. The van der Waals surface area contributed by atoms with Gasteiger partial charge in [0.1, 0.15) is 5.69 Å². The number of para-hydroxylation sites is 1. The molecule has 0 amide bonds. The van der Waals surface area contributed by atoms with Crippen LogP contribution in [0.1, 0.15) is 90.9 Å². The molecule has 0 saturated heterocycles. The van der Waals surface area contributed by atoms with Gasteiger partial charge in [-0.1, -0.05) is 89.3 Å². The average molecular weight is 333 g/mol. The Labute approximate surface area is 152 Å². The highest BCUT2D eigenvalue weighted by Crippen LogP contribution is 2.21. The van der Waals surface area contributed by atoms with Crippen LogP contribution >= 0.6 is 0 Å². The summed E-state index contributed by atoms with van der Waals surface area (Å²) < 4.78 is 1.08. The molecule has 1 atom stereocenters. The summed E-state index contributed by atoms with van der Waals surface area (Å²) in [6, 6.07) is 11.0. The van der Waals surface area contributed by atoms with Crippen LogP contribution in [0.4, 0.5) is 5.69 Å². The molecule has 0 fully saturated rings. The smallest absolute Gasteiger partial charge is 0.132 e. The van der Waals surface area contributed by atoms with Gasteiger partial charge in [-0.05, 0) is 31.9 Å². The van der Waals surface area contributed by atoms with Crippen molar-refractivity contribution in [2.75, 3.05) is 20.1 Å². The molecule has 1 heteroatoms. The fourth-order valence-electron chi connectivity index (χ4n) is 3.56. The third kappa shape index (κ3) is 8.87. The Kier molecular flexibility index (Phi) is 11.9. The first-order chi connectivity index (χ1) is 11.7. The van der Waals surface area contributed by atoms with Gasteiger partial charge in [0.05, 0.1) is 20.1 Å². The van der Waals surface area contributed by atoms with E-state index in [-0.39, 0.29) is 0 Å². The van der Waals surface area contributed by atoms with Crippen molar-refractivity contribution in [1.29, 1.82) is 0 Å². The van der Waals surface area contributed by atoms with Gasteiger partial charge in [0.2, 0.25) is 0 Å². The molecule has 1 rings (SSSR count). The van der Waals surface area contributed by atoms with E-state index >= 15 is 0 Å². The van der Waals surface area contributed by atoms with E-state index in [1.165, 1.54) is 95.8 Å². The Morgan fingerprint density at radius 1 is 0.625 bits per heavy atom. The highest BCUT2D eigenvalue weighted by molar-refractivity contribution is 5.41. The molecule has 0 bridgehead atoms. The van der Waals surface area contributed by atoms with E-state index in [1.54, 1.807) is 0 Å². The van der Waals surface area contributed by atoms with Gasteiger partial charge in [0.15, 0.2) is 0 Å². The van der Waals surface area contributed by atoms with Crippen molar-refractivity contribution >= 4 is 5.69 Å². The number of rotatable bonds is 15. The van der Waals surface area contributed by atoms with Crippen molar-refractivity contribution in [2.45, 2.75) is 90.9 Å². The second-order valence-electron chi connectivity index (χ2n) is 7.66. The maximum Gasteiger partial charge on any atom is 0.132 e. The van der Waals surface area contributed by atoms with Crippen LogP contribution in [0.25, 0.3) is 0 Å². The molecule has 1 aromatic carbocycles. The normalized spacial score (nSPS) is 13.8. The lowest BCUT2D eigenvalue weighted by atomic mass is 10.0. The standard InChI is InChI=1S/C23H42N/c1-4-6-7-8-9-10-11-12-13-14-15-19-22-24(3,5-2)23-20-17-16-18-21-23/h16-18,20-21H,4-15,19,22H2,1-3H3/q+1. The topological polar surface area (TPSA) is 0 Å². The van der Waals surface area contributed by atoms with Crippen LogP contribution in [-0.2, 0) is 0 Å². The zero-order chi connectivity index (χ0) is 17.5. The SMILES string of the molecule is CCCCCCCCCCCCCC[N+](C)(CC)c1ccccc1. The van der Waals surface area contributed by atoms with Crippen LogP contribution < -0.4 is 4.48 Å². The second kappa shape index (κ2) is 13.5. The number of hydrogen-bond donors (Lipinski definition) is 0. The van der Waals surface area contributed by atoms with E-state index in [9.17, 15) is 0 Å². The minimum Gasteiger partial charge on any atom is -0.294 e. The van der Waals surface area contributed by atoms with Crippen molar-refractivity contribution in [3.05, 3.63) is 30.3 Å². The van der Waals surface area contributed by atoms with E-state index in [2.05, 4.69) is 51.2 Å². The second-order valence-corrected chi connectivity index (χ2v) is 7.66. The van der Waals surface area contributed by atoms with E-state index in [4.69, 9.17) is 0 Å². The first-order valence-electron chi connectivity index (χ1n) is 10.6. The summed E-state index contributed by atoms with van der Waals surface area (Å²) >= 11 is 0. The van der Waals surface area contributed by atoms with Crippen molar-refractivity contribution in [3.63, 3.8) is 0 Å². The van der Waals surface area contributed by atoms with Crippen LogP contribution in [0, 0.1) is 0 Å². The largest absolute Gasteiger partial charge is 0.294 e. The molecule has 1 nitrogen and oxygen atoms in total. The molecule has 1 unspecified atom stereocenters. The summed E-state index contributed by atoms with van der Waals surface area (Å²) in [5, 5.41) is 0. The lowest BCUT2D eigenvalue weighted by Crippen LogP contribution is -2.45. The number of hydrogen-bond acceptors (Lipinski definition) is 0. The van der Waals surface area contributed by atoms with Gasteiger partial charge >= 0.3 is 0 Å². The van der Waals surface area contributed by atoms with Crippen LogP contribution in [-0.4, -0.2) is 20.1 Å². The summed E-state index contributed by atoms with van der Waals surface area (Å²) in [6.45, 7) is 7.06. The summed E-state index contributed by atoms with van der Waals surface area (Å²) in [4.78, 5) is 0. The minimum atomic E-state index is 1.08. The van der Waals surface area contributed by atoms with Gasteiger partial charge in [-0.15, -0.1) is 0 Å². The first-order valence-corrected chi connectivity index (χ1v) is 10.6. The molecule has 0 radical (unpaired) electrons. The molecular weight excluding hydrogens is 290 g/mol. The summed E-state index contributed by atoms with van der Waals surface area (Å²) in [6.07, 6.45) is 17.2. The Hall–Kier alpha value is -0.820. The summed E-state index contributed by atoms with van der Waals surface area (Å²) in [7, 11) is 2.38. The van der Waals surface area contributed by atoms with Gasteiger partial charge in [-0.2, -0.15) is 0 Å². The molecule has 0 aliphatic rings. The van der Waals surface area contributed by atoms with Crippen molar-refractivity contribution in [3.8, 4) is 0 Å². The molecule has 138 valence electrons. The zero-order valence-corrected chi connectivity index (χ0v) is 16.7. The van der Waals surface area contributed by atoms with Crippen LogP contribution in [0.3, 0.4) is 0 Å². The molecule has 24 heavy (non-hydrogen) atoms. The molecule has 0 aliphatic carbocycles. The van der Waals surface area contributed by atoms with E-state index in [0.717, 1.165) is 4.48 Å². The average Bonchev–Trinajstić information content (AvgIpc) is 2.63. The van der Waals surface area contributed by atoms with Gasteiger partial charge in [-0.25, -0.2) is 0 Å². The van der Waals surface area contributed by atoms with Crippen LogP contribution in [0.2, 0.25) is 0 Å². The maximum absolute atomic E-state index is 2.38. The molecule has 0 aliphatic heterocycles. The molecule has 0 heterocycles. The predicted octanol–water partition coefficient (Wildman–Crippen LogP) is 7.34. The zero-order valence-electron chi connectivity index (χ0n) is 16.7. The lowest BCUT2D eigenvalue weighted by molar-refractivity contribution is 0.334. The van der Waals surface area contributed by atoms with Crippen molar-refractivity contribution < 1.29 is 0 Å². The molecule has 1 aromatic rings. The van der Waals surface area contributed by atoms with E-state index in [0.29, 0.717) is 0 Å². The Morgan fingerprint density at radius 2 is 1.08 bits per heavy atom. The third-order valence-corrected chi connectivity index (χ3v) is 5.58. The Morgan fingerprint density at radius 3 is 1.54 bits per heavy atom. The lowest BCUT2D eigenvalue weighted by Gasteiger charge is -2.33. The van der Waals surface area contributed by atoms with Crippen LogP contribution in [0.5, 0.6) is 0 Å². The third-order valence-electron chi connectivity index (χ3n) is 5.58. The summed E-state index contributed by atoms with van der Waals surface area (Å²) in [5.41, 5.74) is 1.46. The fraction of sp³-hybridized carbons (Fsp3) is 0.739. The van der Waals surface area contributed by atoms with Gasteiger partial charge < -0.3 is 0 Å². The highest BCUT2D eigenvalue weighted by atomic mass is 15.3. The Balaban J connectivity index is 2.01. The number of quaternary nitrogens is 1. The highest BCUT2D eigenvalue weighted by Gasteiger charge is 2.21. The monoisotopic (exact) mass is 332 g/mol. The maximum atomic E-state index is 2.38. The van der Waals surface area contributed by atoms with Gasteiger partial charge in [-0.3, -0.25) is 4.48 Å². The van der Waals surface area contributed by atoms with E-state index < -0.39 is 0 Å². The molecular formula is C23H42N+. The fourth-order valence-corrected chi connectivity index (χ4v) is 3.56. The number of unbranched alkanes of at least 4 members (excludes halogenated alkanes) is 11. The minimum absolute atomic E-state index is 1.08. The van der Waals surface area contributed by atoms with Crippen LogP contribution in [0.15, 0.2) is 30.3 Å². The molecule has 0 aromatic heterocycles. The Bertz CT molecular complexity index is 386. The summed E-state index contributed by atoms with van der Waals surface area (Å²) in [5.74, 6) is 0. The first kappa shape index (κ1) is 21.2. The van der Waals surface area contributed by atoms with Crippen molar-refractivity contribution in [1.82, 2.24) is 4.48 Å². The molecule has 0 N–H and O–H groups in total. The quantitative estimate of drug-likeness (QED) is 0.233. The van der Waals surface area contributed by atoms with Crippen molar-refractivity contribution in [2.24, 2.45) is 0 Å². The molecule has 0 spiro atoms. The number of benzene rings is 1. The van der Waals surface area contributed by atoms with Gasteiger partial charge in [0, 0.05) is 0 Å².